The van der Waals surface area contributed by atoms with Crippen LogP contribution in [0.25, 0.3) is 0 Å². The lowest BCUT2D eigenvalue weighted by molar-refractivity contribution is -0.134. The molecule has 4 aromatic rings. The Labute approximate surface area is 296 Å². The molecule has 1 aliphatic carbocycles. The van der Waals surface area contributed by atoms with Crippen LogP contribution in [0.5, 0.6) is 23.0 Å². The van der Waals surface area contributed by atoms with Crippen molar-refractivity contribution in [2.45, 2.75) is 84.5 Å². The molecule has 0 heterocycles. The Bertz CT molecular complexity index is 1690. The molecule has 1 atom stereocenters. The van der Waals surface area contributed by atoms with Gasteiger partial charge in [0.05, 0.1) is 7.11 Å². The van der Waals surface area contributed by atoms with E-state index in [4.69, 9.17) is 14.2 Å². The number of hydrogen-bond acceptors (Lipinski definition) is 6. The zero-order valence-corrected chi connectivity index (χ0v) is 29.6. The number of amides is 2. The molecule has 0 aliphatic heterocycles. The van der Waals surface area contributed by atoms with Crippen molar-refractivity contribution in [3.8, 4) is 23.0 Å². The van der Waals surface area contributed by atoms with Gasteiger partial charge < -0.3 is 29.1 Å². The van der Waals surface area contributed by atoms with Gasteiger partial charge >= 0.3 is 0 Å². The van der Waals surface area contributed by atoms with Crippen molar-refractivity contribution >= 4 is 17.5 Å². The maximum atomic E-state index is 13.7. The standard InChI is InChI=1S/C42H50N2O6/c1-4-25-44(41(47)18-12-7-13-26-43(31(2)45)36-21-23-38(46)40(28-36)48-3)35-20-22-37-34(27-35)19-24-39(49-29-32-14-8-5-9-15-32)42(37)50-30-33-16-10-6-11-17-33/h5-6,8-11,14-17,19,21,23-24,28,35,46H,4,7,12-13,18,20,22,25-27,29-30H2,1-3H3/t35-/m0/s1. The summed E-state index contributed by atoms with van der Waals surface area (Å²) in [5, 5.41) is 9.94. The molecule has 0 aromatic heterocycles. The summed E-state index contributed by atoms with van der Waals surface area (Å²) in [7, 11) is 1.49. The summed E-state index contributed by atoms with van der Waals surface area (Å²) >= 11 is 0. The Kier molecular flexibility index (Phi) is 13.2. The van der Waals surface area contributed by atoms with E-state index in [1.165, 1.54) is 31.2 Å². The third-order valence-electron chi connectivity index (χ3n) is 9.32. The second kappa shape index (κ2) is 18.1. The number of nitrogens with zero attached hydrogens (tertiary/aromatic N) is 2. The Morgan fingerprint density at radius 2 is 1.52 bits per heavy atom. The van der Waals surface area contributed by atoms with Crippen LogP contribution in [0, 0.1) is 0 Å². The fraction of sp³-hybridized carbons (Fsp3) is 0.381. The highest BCUT2D eigenvalue weighted by Crippen LogP contribution is 2.40. The summed E-state index contributed by atoms with van der Waals surface area (Å²) in [6.07, 6.45) is 6.19. The highest BCUT2D eigenvalue weighted by Gasteiger charge is 2.30. The number of carbonyl (C=O) groups is 2. The minimum absolute atomic E-state index is 0.0331. The molecule has 0 fully saturated rings. The number of hydrogen-bond donors (Lipinski definition) is 1. The first kappa shape index (κ1) is 36.3. The third-order valence-corrected chi connectivity index (χ3v) is 9.32. The first-order valence-corrected chi connectivity index (χ1v) is 17.8. The predicted molar refractivity (Wildman–Crippen MR) is 197 cm³/mol. The van der Waals surface area contributed by atoms with Crippen LogP contribution in [0.4, 0.5) is 5.69 Å². The molecular weight excluding hydrogens is 628 g/mol. The number of rotatable bonds is 17. The van der Waals surface area contributed by atoms with Crippen molar-refractivity contribution in [2.75, 3.05) is 25.1 Å². The molecule has 0 bridgehead atoms. The van der Waals surface area contributed by atoms with Crippen molar-refractivity contribution in [2.24, 2.45) is 0 Å². The number of anilines is 1. The van der Waals surface area contributed by atoms with Crippen LogP contribution in [0.2, 0.25) is 0 Å². The van der Waals surface area contributed by atoms with Gasteiger partial charge in [-0.1, -0.05) is 80.1 Å². The van der Waals surface area contributed by atoms with Crippen LogP contribution in [-0.2, 0) is 35.6 Å². The van der Waals surface area contributed by atoms with Gasteiger partial charge in [-0.05, 0) is 73.4 Å². The Balaban J connectivity index is 1.21. The molecule has 0 spiro atoms. The number of ether oxygens (including phenoxy) is 3. The molecule has 1 aliphatic rings. The second-order valence-corrected chi connectivity index (χ2v) is 12.9. The molecule has 0 unspecified atom stereocenters. The summed E-state index contributed by atoms with van der Waals surface area (Å²) in [4.78, 5) is 29.8. The number of phenols is 1. The Morgan fingerprint density at radius 1 is 0.820 bits per heavy atom. The normalized spacial score (nSPS) is 13.6. The predicted octanol–water partition coefficient (Wildman–Crippen LogP) is 8.27. The van der Waals surface area contributed by atoms with E-state index in [9.17, 15) is 14.7 Å². The monoisotopic (exact) mass is 678 g/mol. The first-order chi connectivity index (χ1) is 24.4. The molecule has 8 nitrogen and oxygen atoms in total. The summed E-state index contributed by atoms with van der Waals surface area (Å²) in [5.41, 5.74) is 5.26. The van der Waals surface area contributed by atoms with Crippen molar-refractivity contribution in [1.82, 2.24) is 4.90 Å². The smallest absolute Gasteiger partial charge is 0.223 e. The van der Waals surface area contributed by atoms with Crippen LogP contribution in [-0.4, -0.2) is 48.1 Å². The van der Waals surface area contributed by atoms with Gasteiger partial charge in [-0.15, -0.1) is 0 Å². The average Bonchev–Trinajstić information content (AvgIpc) is 3.14. The molecule has 0 saturated heterocycles. The lowest BCUT2D eigenvalue weighted by Gasteiger charge is -2.36. The van der Waals surface area contributed by atoms with Crippen LogP contribution in [0.3, 0.4) is 0 Å². The lowest BCUT2D eigenvalue weighted by atomic mass is 9.86. The fourth-order valence-electron chi connectivity index (χ4n) is 6.70. The minimum Gasteiger partial charge on any atom is -0.504 e. The summed E-state index contributed by atoms with van der Waals surface area (Å²) in [6.45, 7) is 5.83. The molecule has 0 saturated carbocycles. The van der Waals surface area contributed by atoms with Gasteiger partial charge in [0.2, 0.25) is 11.8 Å². The van der Waals surface area contributed by atoms with Gasteiger partial charge in [0.1, 0.15) is 13.2 Å². The second-order valence-electron chi connectivity index (χ2n) is 12.9. The van der Waals surface area contributed by atoms with Gasteiger partial charge in [-0.3, -0.25) is 9.59 Å². The number of methoxy groups -OCH3 is 1. The maximum Gasteiger partial charge on any atom is 0.223 e. The summed E-state index contributed by atoms with van der Waals surface area (Å²) in [5.74, 6) is 2.02. The summed E-state index contributed by atoms with van der Waals surface area (Å²) < 4.78 is 18.1. The molecule has 50 heavy (non-hydrogen) atoms. The van der Waals surface area contributed by atoms with E-state index >= 15 is 0 Å². The number of aromatic hydroxyl groups is 1. The fourth-order valence-corrected chi connectivity index (χ4v) is 6.70. The van der Waals surface area contributed by atoms with Gasteiger partial charge in [-0.25, -0.2) is 0 Å². The van der Waals surface area contributed by atoms with Crippen LogP contribution in [0.1, 0.15) is 74.6 Å². The van der Waals surface area contributed by atoms with Crippen LogP contribution in [0.15, 0.2) is 91.0 Å². The molecule has 0 radical (unpaired) electrons. The van der Waals surface area contributed by atoms with E-state index in [1.54, 1.807) is 17.0 Å². The molecule has 8 heteroatoms. The van der Waals surface area contributed by atoms with Gasteiger partial charge in [0.15, 0.2) is 23.0 Å². The van der Waals surface area contributed by atoms with Crippen molar-refractivity contribution in [3.63, 3.8) is 0 Å². The SMILES string of the molecule is CCCN(C(=O)CCCCCN(C(C)=O)c1ccc(O)c(OC)c1)[C@H]1CCc2c(ccc(OCc3ccccc3)c2OCc2ccccc2)C1. The highest BCUT2D eigenvalue weighted by molar-refractivity contribution is 5.91. The average molecular weight is 679 g/mol. The quantitative estimate of drug-likeness (QED) is 0.113. The number of phenolic OH excluding ortho intramolecular Hbond substituents is 1. The molecule has 264 valence electrons. The van der Waals surface area contributed by atoms with Crippen LogP contribution < -0.4 is 19.1 Å². The topological polar surface area (TPSA) is 88.5 Å². The zero-order valence-electron chi connectivity index (χ0n) is 29.6. The lowest BCUT2D eigenvalue weighted by Crippen LogP contribution is -2.43. The molecule has 4 aromatic carbocycles. The molecular formula is C42H50N2O6. The van der Waals surface area contributed by atoms with Gasteiger partial charge in [0, 0.05) is 49.8 Å². The van der Waals surface area contributed by atoms with E-state index in [-0.39, 0.29) is 23.6 Å². The van der Waals surface area contributed by atoms with E-state index < -0.39 is 0 Å². The van der Waals surface area contributed by atoms with Gasteiger partial charge in [0.25, 0.3) is 0 Å². The maximum absolute atomic E-state index is 13.7. The van der Waals surface area contributed by atoms with Crippen molar-refractivity contribution in [3.05, 3.63) is 113 Å². The summed E-state index contributed by atoms with van der Waals surface area (Å²) in [6, 6.07) is 29.5. The number of carbonyl (C=O) groups excluding carboxylic acids is 2. The largest absolute Gasteiger partial charge is 0.504 e. The Hall–Kier alpha value is -4.98. The number of benzene rings is 4. The third kappa shape index (κ3) is 9.59. The van der Waals surface area contributed by atoms with E-state index in [1.807, 2.05) is 42.5 Å². The minimum atomic E-state index is -0.0796. The molecule has 1 N–H and O–H groups in total. The van der Waals surface area contributed by atoms with Crippen LogP contribution >= 0.6 is 0 Å². The van der Waals surface area contributed by atoms with E-state index in [0.29, 0.717) is 37.6 Å². The van der Waals surface area contributed by atoms with E-state index in [2.05, 4.69) is 42.2 Å². The highest BCUT2D eigenvalue weighted by atomic mass is 16.5. The number of fused-ring (bicyclic) bond motifs is 1. The van der Waals surface area contributed by atoms with Crippen molar-refractivity contribution < 1.29 is 28.9 Å². The Morgan fingerprint density at radius 3 is 2.18 bits per heavy atom. The van der Waals surface area contributed by atoms with Crippen molar-refractivity contribution in [1.29, 1.82) is 0 Å². The van der Waals surface area contributed by atoms with Gasteiger partial charge in [-0.2, -0.15) is 0 Å². The molecule has 2 amide bonds. The molecule has 5 rings (SSSR count). The first-order valence-electron chi connectivity index (χ1n) is 17.8. The number of unbranched alkanes of at least 4 members (excludes halogenated alkanes) is 2. The van der Waals surface area contributed by atoms with E-state index in [0.717, 1.165) is 74.1 Å². The zero-order chi connectivity index (χ0) is 35.3.